The van der Waals surface area contributed by atoms with Crippen molar-refractivity contribution in [2.75, 3.05) is 13.2 Å². The highest BCUT2D eigenvalue weighted by Gasteiger charge is 2.37. The maximum Gasteiger partial charge on any atom is 0.416 e. The van der Waals surface area contributed by atoms with Crippen molar-refractivity contribution in [3.8, 4) is 0 Å². The van der Waals surface area contributed by atoms with Crippen molar-refractivity contribution in [2.45, 2.75) is 128 Å². The van der Waals surface area contributed by atoms with Crippen LogP contribution in [0.2, 0.25) is 0 Å². The third-order valence-corrected chi connectivity index (χ3v) is 8.56. The van der Waals surface area contributed by atoms with E-state index in [1.165, 1.54) is 31.2 Å². The van der Waals surface area contributed by atoms with E-state index < -0.39 is 35.3 Å². The van der Waals surface area contributed by atoms with Crippen molar-refractivity contribution < 1.29 is 51.3 Å². The second-order valence-electron chi connectivity index (χ2n) is 11.7. The Morgan fingerprint density at radius 2 is 1.18 bits per heavy atom. The average Bonchev–Trinajstić information content (AvgIpc) is 3.10. The van der Waals surface area contributed by atoms with Gasteiger partial charge in [-0.15, -0.1) is 0 Å². The summed E-state index contributed by atoms with van der Waals surface area (Å²) in [5.41, 5.74) is -1.14. The highest BCUT2D eigenvalue weighted by molar-refractivity contribution is 9.08. The minimum Gasteiger partial charge on any atom is -0.479 e. The maximum atomic E-state index is 13.6. The second kappa shape index (κ2) is 21.3. The van der Waals surface area contributed by atoms with Crippen LogP contribution in [0.3, 0.4) is 0 Å². The molecule has 0 aliphatic heterocycles. The summed E-state index contributed by atoms with van der Waals surface area (Å²) in [7, 11) is 0. The quantitative estimate of drug-likeness (QED) is 0.0724. The molecule has 0 saturated heterocycles. The minimum atomic E-state index is -4.55. The molecule has 2 saturated carbocycles. The number of oxime groups is 2. The number of benzene rings is 2. The van der Waals surface area contributed by atoms with Gasteiger partial charge in [0, 0.05) is 21.9 Å². The summed E-state index contributed by atoms with van der Waals surface area (Å²) >= 11 is 2.77. The molecule has 0 bridgehead atoms. The van der Waals surface area contributed by atoms with Crippen molar-refractivity contribution in [1.29, 1.82) is 0 Å². The molecule has 2 aliphatic carbocycles. The molecule has 0 radical (unpaired) electrons. The molecule has 1 N–H and O–H groups in total. The van der Waals surface area contributed by atoms with Gasteiger partial charge in [0.2, 0.25) is 11.8 Å². The van der Waals surface area contributed by atoms with Crippen LogP contribution in [0, 0.1) is 0 Å². The zero-order valence-corrected chi connectivity index (χ0v) is 29.9. The largest absolute Gasteiger partial charge is 0.479 e. The third-order valence-electron chi connectivity index (χ3n) is 8.10. The molecule has 0 aromatic heterocycles. The Kier molecular flexibility index (Phi) is 15.6. The summed E-state index contributed by atoms with van der Waals surface area (Å²) in [6.07, 6.45) is -0.0987. The first-order valence-electron chi connectivity index (χ1n) is 18.4. The van der Waals surface area contributed by atoms with E-state index in [9.17, 15) is 26.3 Å². The summed E-state index contributed by atoms with van der Waals surface area (Å²) < 4.78 is 121. The predicted molar refractivity (Wildman–Crippen MR) is 183 cm³/mol. The highest BCUT2D eigenvalue weighted by atomic mass is 79.9. The van der Waals surface area contributed by atoms with E-state index in [4.69, 9.17) is 25.0 Å². The first-order valence-corrected chi connectivity index (χ1v) is 17.2. The van der Waals surface area contributed by atoms with Gasteiger partial charge in [0.25, 0.3) is 0 Å². The molecule has 0 amide bonds. The van der Waals surface area contributed by atoms with Crippen molar-refractivity contribution in [2.24, 2.45) is 10.3 Å². The van der Waals surface area contributed by atoms with Crippen LogP contribution in [0.25, 0.3) is 0 Å². The third kappa shape index (κ3) is 14.8. The normalized spacial score (nSPS) is 18.3. The molecule has 13 heteroatoms. The van der Waals surface area contributed by atoms with Gasteiger partial charge in [-0.3, -0.25) is 0 Å². The molecular weight excluding hydrogens is 718 g/mol. The van der Waals surface area contributed by atoms with Gasteiger partial charge in [0.15, 0.2) is 0 Å². The Labute approximate surface area is 300 Å². The SMILES string of the molecule is CCO/C(C)=N\O.[2H]C([2H])(Br)c1ccc(C2CCCCC2)c(C(F)(F)F)c1.[2H]C([2H])(O/N=C(/C)OCC)c1ccc(C2CCCCC2)c(C(F)(F)F)c1. The van der Waals surface area contributed by atoms with Crippen molar-refractivity contribution in [3.63, 3.8) is 0 Å². The molecule has 49 heavy (non-hydrogen) atoms. The summed E-state index contributed by atoms with van der Waals surface area (Å²) in [5.74, 6) is 0.212. The van der Waals surface area contributed by atoms with Crippen LogP contribution in [-0.2, 0) is 38.5 Å². The zero-order valence-electron chi connectivity index (χ0n) is 32.3. The summed E-state index contributed by atoms with van der Waals surface area (Å²) in [5, 5.41) is 12.3. The Morgan fingerprint density at radius 3 is 1.57 bits per heavy atom. The van der Waals surface area contributed by atoms with E-state index >= 15 is 0 Å². The van der Waals surface area contributed by atoms with Crippen LogP contribution in [0.1, 0.15) is 143 Å². The number of rotatable bonds is 8. The Hall–Kier alpha value is -2.96. The molecule has 2 aromatic rings. The number of hydrogen-bond donors (Lipinski definition) is 1. The molecule has 0 heterocycles. The van der Waals surface area contributed by atoms with E-state index in [1.807, 2.05) is 6.92 Å². The second-order valence-corrected chi connectivity index (χ2v) is 12.0. The first kappa shape index (κ1) is 35.9. The fraction of sp³-hybridized carbons (Fsp3) is 0.611. The van der Waals surface area contributed by atoms with Crippen molar-refractivity contribution in [1.82, 2.24) is 0 Å². The Morgan fingerprint density at radius 1 is 0.755 bits per heavy atom. The smallest absolute Gasteiger partial charge is 0.416 e. The number of nitrogens with zero attached hydrogens (tertiary/aromatic N) is 2. The molecule has 276 valence electrons. The van der Waals surface area contributed by atoms with E-state index in [-0.39, 0.29) is 34.4 Å². The highest BCUT2D eigenvalue weighted by Crippen LogP contribution is 2.42. The average molecular weight is 772 g/mol. The number of ether oxygens (including phenoxy) is 2. The van der Waals surface area contributed by atoms with Gasteiger partial charge >= 0.3 is 12.4 Å². The van der Waals surface area contributed by atoms with E-state index in [0.29, 0.717) is 24.7 Å². The van der Waals surface area contributed by atoms with E-state index in [1.54, 1.807) is 13.8 Å². The topological polar surface area (TPSA) is 72.6 Å². The fourth-order valence-electron chi connectivity index (χ4n) is 5.88. The molecule has 0 unspecified atom stereocenters. The van der Waals surface area contributed by atoms with E-state index in [2.05, 4.69) is 26.2 Å². The van der Waals surface area contributed by atoms with Gasteiger partial charge in [-0.1, -0.05) is 89.0 Å². The van der Waals surface area contributed by atoms with Crippen molar-refractivity contribution >= 4 is 27.7 Å². The molecular formula is C36H49BrF6N2O4. The molecule has 0 spiro atoms. The van der Waals surface area contributed by atoms with Crippen LogP contribution < -0.4 is 0 Å². The lowest BCUT2D eigenvalue weighted by molar-refractivity contribution is -0.139. The fourth-order valence-corrected chi connectivity index (χ4v) is 6.12. The monoisotopic (exact) mass is 770 g/mol. The molecule has 6 nitrogen and oxygen atoms in total. The summed E-state index contributed by atoms with van der Waals surface area (Å²) in [6, 6.07) is 7.43. The van der Waals surface area contributed by atoms with Crippen LogP contribution in [-0.4, -0.2) is 30.2 Å². The maximum absolute atomic E-state index is 13.6. The molecule has 2 aliphatic rings. The summed E-state index contributed by atoms with van der Waals surface area (Å²) in [6.45, 7) is 5.01. The Balaban J connectivity index is 0.000000318. The standard InChI is InChI=1S/C18H24F3NO2.C14H16BrF3.C4H9NO2/c1-3-23-13(2)22-24-12-14-9-10-16(15-7-5-4-6-8-15)17(11-14)18(19,20)21;15-9-10-6-7-12(11-4-2-1-3-5-11)13(8-10)14(16,17)18;1-3-7-4(2)5-6/h9-11,15H,3-8,12H2,1-2H3;6-8,11H,1-5,9H2;6H,3H2,1-2H3/b22-13-;;5-4-/i12D2;9D2;. The van der Waals surface area contributed by atoms with E-state index in [0.717, 1.165) is 76.3 Å². The lowest BCUT2D eigenvalue weighted by Gasteiger charge is -2.25. The van der Waals surface area contributed by atoms with Crippen LogP contribution in [0.5, 0.6) is 0 Å². The lowest BCUT2D eigenvalue weighted by atomic mass is 9.81. The molecule has 4 rings (SSSR count). The van der Waals surface area contributed by atoms with Gasteiger partial charge in [0.1, 0.15) is 6.56 Å². The zero-order chi connectivity index (χ0) is 40.0. The molecule has 2 fully saturated rings. The lowest BCUT2D eigenvalue weighted by Crippen LogP contribution is -2.15. The van der Waals surface area contributed by atoms with Gasteiger partial charge in [0.05, 0.1) is 27.1 Å². The molecule has 2 aromatic carbocycles. The first-order chi connectivity index (χ1) is 24.6. The molecule has 0 atom stereocenters. The van der Waals surface area contributed by atoms with Gasteiger partial charge in [-0.2, -0.15) is 26.3 Å². The van der Waals surface area contributed by atoms with Gasteiger partial charge in [-0.05, 0) is 85.8 Å². The number of hydrogen-bond acceptors (Lipinski definition) is 6. The van der Waals surface area contributed by atoms with Gasteiger partial charge in [-0.25, -0.2) is 0 Å². The van der Waals surface area contributed by atoms with Gasteiger partial charge < -0.3 is 19.5 Å². The van der Waals surface area contributed by atoms with Crippen LogP contribution in [0.15, 0.2) is 46.7 Å². The number of halogens is 7. The summed E-state index contributed by atoms with van der Waals surface area (Å²) in [4.78, 5) is 4.81. The van der Waals surface area contributed by atoms with Crippen LogP contribution in [0.4, 0.5) is 26.3 Å². The van der Waals surface area contributed by atoms with Crippen LogP contribution >= 0.6 is 15.9 Å². The predicted octanol–water partition coefficient (Wildman–Crippen LogP) is 12.1. The minimum absolute atomic E-state index is 0.00406. The van der Waals surface area contributed by atoms with Crippen molar-refractivity contribution in [3.05, 3.63) is 69.8 Å². The Bertz CT molecular complexity index is 1490. The number of alkyl halides is 7.